The van der Waals surface area contributed by atoms with Crippen LogP contribution in [0.1, 0.15) is 77.6 Å². The van der Waals surface area contributed by atoms with Crippen molar-refractivity contribution in [3.63, 3.8) is 0 Å². The van der Waals surface area contributed by atoms with Gasteiger partial charge < -0.3 is 10.6 Å². The zero-order chi connectivity index (χ0) is 21.9. The smallest absolute Gasteiger partial charge is 0.240 e. The molecule has 0 spiro atoms. The minimum Gasteiger partial charge on any atom is -0.368 e. The van der Waals surface area contributed by atoms with Crippen molar-refractivity contribution in [1.29, 1.82) is 0 Å². The fraction of sp³-hybridized carbons (Fsp3) is 0.538. The number of carbonyl (C=O) groups is 2. The summed E-state index contributed by atoms with van der Waals surface area (Å²) >= 11 is 0. The molecule has 4 nitrogen and oxygen atoms in total. The third-order valence-electron chi connectivity index (χ3n) is 5.07. The number of piperidine rings is 1. The second-order valence-electron chi connectivity index (χ2n) is 7.60. The fourth-order valence-corrected chi connectivity index (χ4v) is 3.41. The van der Waals surface area contributed by atoms with Gasteiger partial charge in [-0.2, -0.15) is 0 Å². The Kier molecular flexibility index (Phi) is 15.0. The monoisotopic (exact) mass is 412 g/mol. The minimum absolute atomic E-state index is 0.0610. The van der Waals surface area contributed by atoms with Gasteiger partial charge in [-0.15, -0.1) is 0 Å². The molecule has 2 N–H and O–H groups in total. The van der Waals surface area contributed by atoms with Crippen molar-refractivity contribution < 1.29 is 9.59 Å². The fourth-order valence-electron chi connectivity index (χ4n) is 3.41. The topological polar surface area (TPSA) is 63.4 Å². The number of hydrogen-bond acceptors (Lipinski definition) is 2. The minimum atomic E-state index is -0.403. The van der Waals surface area contributed by atoms with Crippen LogP contribution >= 0.6 is 0 Å². The number of likely N-dealkylation sites (tertiary alicyclic amines) is 1. The van der Waals surface area contributed by atoms with Gasteiger partial charge >= 0.3 is 0 Å². The van der Waals surface area contributed by atoms with Crippen LogP contribution in [0.5, 0.6) is 0 Å². The molecular weight excluding hydrogens is 372 g/mol. The summed E-state index contributed by atoms with van der Waals surface area (Å²) in [5, 5.41) is 0. The molecule has 1 atom stereocenters. The van der Waals surface area contributed by atoms with Crippen LogP contribution in [0.25, 0.3) is 0 Å². The summed E-state index contributed by atoms with van der Waals surface area (Å²) in [6.07, 6.45) is 31.6. The number of nitrogens with two attached hydrogens (primary N) is 1. The van der Waals surface area contributed by atoms with Crippen molar-refractivity contribution in [3.8, 4) is 0 Å². The largest absolute Gasteiger partial charge is 0.368 e. The zero-order valence-electron chi connectivity index (χ0n) is 18.7. The van der Waals surface area contributed by atoms with Gasteiger partial charge in [0.2, 0.25) is 11.8 Å². The van der Waals surface area contributed by atoms with Crippen molar-refractivity contribution in [3.05, 3.63) is 60.8 Å². The number of carbonyl (C=O) groups excluding carboxylic acids is 2. The predicted octanol–water partition coefficient (Wildman–Crippen LogP) is 5.77. The Hall–Kier alpha value is -2.36. The van der Waals surface area contributed by atoms with Gasteiger partial charge in [0.25, 0.3) is 0 Å². The highest BCUT2D eigenvalue weighted by atomic mass is 16.2. The number of unbranched alkanes of at least 4 members (excludes halogenated alkanes) is 1. The van der Waals surface area contributed by atoms with E-state index in [4.69, 9.17) is 5.73 Å². The van der Waals surface area contributed by atoms with E-state index in [1.807, 2.05) is 0 Å². The van der Waals surface area contributed by atoms with Gasteiger partial charge in [-0.25, -0.2) is 0 Å². The third-order valence-corrected chi connectivity index (χ3v) is 5.07. The number of rotatable bonds is 14. The molecule has 30 heavy (non-hydrogen) atoms. The average Bonchev–Trinajstić information content (AvgIpc) is 2.75. The molecule has 1 saturated heterocycles. The maximum absolute atomic E-state index is 12.3. The lowest BCUT2D eigenvalue weighted by Gasteiger charge is -2.33. The number of nitrogens with zero attached hydrogens (tertiary/aromatic N) is 1. The standard InChI is InChI=1S/C26H40N2O2/c1-2-3-4-5-6-7-8-9-10-11-12-13-14-15-16-17-18-22-25(29)28-23-20-19-21-24(28)26(27)30/h3-4,6-7,9-10,12-13,15-16,24H,2,5,8,11,14,17-23H2,1H3,(H2,27,30)/b4-3-,7-6-,10-9-,13-12-,16-15-. The molecule has 2 amide bonds. The summed E-state index contributed by atoms with van der Waals surface area (Å²) < 4.78 is 0. The van der Waals surface area contributed by atoms with Gasteiger partial charge in [0.05, 0.1) is 0 Å². The van der Waals surface area contributed by atoms with E-state index in [2.05, 4.69) is 67.7 Å². The highest BCUT2D eigenvalue weighted by molar-refractivity contribution is 5.86. The van der Waals surface area contributed by atoms with E-state index in [0.29, 0.717) is 19.4 Å². The lowest BCUT2D eigenvalue weighted by molar-refractivity contribution is -0.141. The predicted molar refractivity (Wildman–Crippen MR) is 127 cm³/mol. The molecule has 0 aromatic rings. The van der Waals surface area contributed by atoms with Gasteiger partial charge in [0, 0.05) is 13.0 Å². The molecule has 0 aliphatic carbocycles. The summed E-state index contributed by atoms with van der Waals surface area (Å²) in [5.74, 6) is -0.313. The normalized spacial score (nSPS) is 18.0. The zero-order valence-corrected chi connectivity index (χ0v) is 18.7. The van der Waals surface area contributed by atoms with E-state index in [9.17, 15) is 9.59 Å². The first-order valence-corrected chi connectivity index (χ1v) is 11.5. The van der Waals surface area contributed by atoms with Crippen molar-refractivity contribution in [2.75, 3.05) is 6.54 Å². The Morgan fingerprint density at radius 3 is 1.90 bits per heavy atom. The van der Waals surface area contributed by atoms with Crippen molar-refractivity contribution >= 4 is 11.8 Å². The molecule has 1 heterocycles. The van der Waals surface area contributed by atoms with Crippen LogP contribution in [0.15, 0.2) is 60.8 Å². The van der Waals surface area contributed by atoms with E-state index < -0.39 is 6.04 Å². The Balaban J connectivity index is 2.07. The molecule has 0 saturated carbocycles. The second kappa shape index (κ2) is 17.5. The average molecular weight is 413 g/mol. The van der Waals surface area contributed by atoms with E-state index in [0.717, 1.165) is 57.8 Å². The Labute approximate surface area is 183 Å². The quantitative estimate of drug-likeness (QED) is 0.290. The molecule has 1 fully saturated rings. The Bertz CT molecular complexity index is 629. The number of primary amides is 1. The summed E-state index contributed by atoms with van der Waals surface area (Å²) in [7, 11) is 0. The molecular formula is C26H40N2O2. The van der Waals surface area contributed by atoms with Crippen LogP contribution in [-0.4, -0.2) is 29.3 Å². The lowest BCUT2D eigenvalue weighted by Crippen LogP contribution is -2.50. The molecule has 166 valence electrons. The van der Waals surface area contributed by atoms with E-state index >= 15 is 0 Å². The molecule has 0 radical (unpaired) electrons. The third kappa shape index (κ3) is 12.3. The van der Waals surface area contributed by atoms with Crippen LogP contribution in [0, 0.1) is 0 Å². The molecule has 1 unspecified atom stereocenters. The maximum atomic E-state index is 12.3. The summed E-state index contributed by atoms with van der Waals surface area (Å²) in [4.78, 5) is 25.5. The van der Waals surface area contributed by atoms with Gasteiger partial charge in [0.15, 0.2) is 0 Å². The van der Waals surface area contributed by atoms with Crippen LogP contribution < -0.4 is 5.73 Å². The second-order valence-corrected chi connectivity index (χ2v) is 7.60. The highest BCUT2D eigenvalue weighted by Crippen LogP contribution is 2.18. The number of allylic oxidation sites excluding steroid dienone is 10. The molecule has 4 heteroatoms. The number of hydrogen-bond donors (Lipinski definition) is 1. The van der Waals surface area contributed by atoms with Crippen LogP contribution in [0.3, 0.4) is 0 Å². The molecule has 0 aromatic carbocycles. The van der Waals surface area contributed by atoms with Crippen molar-refractivity contribution in [2.24, 2.45) is 5.73 Å². The van der Waals surface area contributed by atoms with Gasteiger partial charge in [0.1, 0.15) is 6.04 Å². The number of amides is 2. The summed E-state index contributed by atoms with van der Waals surface area (Å²) in [6.45, 7) is 2.81. The van der Waals surface area contributed by atoms with Crippen LogP contribution in [-0.2, 0) is 9.59 Å². The molecule has 1 aliphatic rings. The first kappa shape index (κ1) is 25.7. The molecule has 0 aromatic heterocycles. The lowest BCUT2D eigenvalue weighted by atomic mass is 10.0. The highest BCUT2D eigenvalue weighted by Gasteiger charge is 2.29. The summed E-state index contributed by atoms with van der Waals surface area (Å²) in [5.41, 5.74) is 5.43. The van der Waals surface area contributed by atoms with Crippen molar-refractivity contribution in [2.45, 2.75) is 83.6 Å². The Morgan fingerprint density at radius 2 is 1.37 bits per heavy atom. The molecule has 1 aliphatic heterocycles. The maximum Gasteiger partial charge on any atom is 0.240 e. The van der Waals surface area contributed by atoms with Gasteiger partial charge in [-0.3, -0.25) is 9.59 Å². The van der Waals surface area contributed by atoms with Crippen LogP contribution in [0.4, 0.5) is 0 Å². The van der Waals surface area contributed by atoms with Gasteiger partial charge in [-0.1, -0.05) is 67.7 Å². The molecule has 0 bridgehead atoms. The SMILES string of the molecule is CC/C=C\C/C=C\C/C=C\C/C=C\C/C=C\CCCC(=O)N1CCCCC1C(N)=O. The first-order valence-electron chi connectivity index (χ1n) is 11.5. The summed E-state index contributed by atoms with van der Waals surface area (Å²) in [6, 6.07) is -0.403. The van der Waals surface area contributed by atoms with Crippen LogP contribution in [0.2, 0.25) is 0 Å². The Morgan fingerprint density at radius 1 is 0.833 bits per heavy atom. The van der Waals surface area contributed by atoms with E-state index in [-0.39, 0.29) is 11.8 Å². The van der Waals surface area contributed by atoms with Gasteiger partial charge in [-0.05, 0) is 64.2 Å². The molecule has 1 rings (SSSR count). The van der Waals surface area contributed by atoms with Crippen molar-refractivity contribution in [1.82, 2.24) is 4.90 Å². The van der Waals surface area contributed by atoms with E-state index in [1.54, 1.807) is 4.90 Å². The van der Waals surface area contributed by atoms with E-state index in [1.165, 1.54) is 0 Å². The first-order chi connectivity index (χ1) is 14.7.